The first-order valence-electron chi connectivity index (χ1n) is 8.35. The average molecular weight is 487 g/mol. The van der Waals surface area contributed by atoms with Crippen molar-refractivity contribution >= 4 is 40.0 Å². The van der Waals surface area contributed by atoms with Gasteiger partial charge in [0.05, 0.1) is 11.4 Å². The highest BCUT2D eigenvalue weighted by atomic mass is 127. The zero-order chi connectivity index (χ0) is 18.0. The second kappa shape index (κ2) is 12.5. The molecule has 8 nitrogen and oxygen atoms in total. The second-order valence-corrected chi connectivity index (χ2v) is 7.34. The molecule has 1 aromatic heterocycles. The van der Waals surface area contributed by atoms with Gasteiger partial charge >= 0.3 is 0 Å². The van der Waals surface area contributed by atoms with E-state index < -0.39 is 10.0 Å². The van der Waals surface area contributed by atoms with E-state index in [0.29, 0.717) is 32.0 Å². The van der Waals surface area contributed by atoms with Gasteiger partial charge in [0.25, 0.3) is 0 Å². The van der Waals surface area contributed by atoms with Crippen LogP contribution in [-0.4, -0.2) is 45.4 Å². The van der Waals surface area contributed by atoms with Crippen LogP contribution in [0.25, 0.3) is 0 Å². The molecule has 0 aliphatic heterocycles. The lowest BCUT2D eigenvalue weighted by atomic mass is 10.1. The van der Waals surface area contributed by atoms with E-state index in [4.69, 9.17) is 4.52 Å². The molecule has 0 aliphatic rings. The van der Waals surface area contributed by atoms with Crippen LogP contribution >= 0.6 is 24.0 Å². The van der Waals surface area contributed by atoms with Gasteiger partial charge in [-0.3, -0.25) is 4.99 Å². The third-order valence-corrected chi connectivity index (χ3v) is 5.02. The number of nitrogens with one attached hydrogen (secondary N) is 3. The molecule has 0 spiro atoms. The van der Waals surface area contributed by atoms with E-state index in [2.05, 4.69) is 25.5 Å². The highest BCUT2D eigenvalue weighted by molar-refractivity contribution is 14.0. The number of aliphatic imine (C=N–C) groups is 1. The lowest BCUT2D eigenvalue weighted by Gasteiger charge is -2.12. The molecule has 0 saturated carbocycles. The van der Waals surface area contributed by atoms with Crippen molar-refractivity contribution in [1.29, 1.82) is 0 Å². The minimum atomic E-state index is -3.12. The fraction of sp³-hybridized carbons (Fsp3) is 0.733. The molecule has 1 heterocycles. The number of guanidine groups is 1. The Morgan fingerprint density at radius 3 is 2.44 bits per heavy atom. The predicted octanol–water partition coefficient (Wildman–Crippen LogP) is 1.41. The molecule has 1 rings (SSSR count). The largest absolute Gasteiger partial charge is 0.361 e. The van der Waals surface area contributed by atoms with Crippen molar-refractivity contribution in [2.24, 2.45) is 4.99 Å². The van der Waals surface area contributed by atoms with Gasteiger partial charge < -0.3 is 15.2 Å². The fourth-order valence-corrected chi connectivity index (χ4v) is 2.81. The Bertz CT molecular complexity index is 610. The van der Waals surface area contributed by atoms with Crippen molar-refractivity contribution < 1.29 is 12.9 Å². The minimum Gasteiger partial charge on any atom is -0.361 e. The van der Waals surface area contributed by atoms with E-state index in [1.807, 2.05) is 13.8 Å². The SMILES string of the molecule is CCc1noc(CC)c1CNC(=NC)NCCCNS(=O)(=O)CC.I. The summed E-state index contributed by atoms with van der Waals surface area (Å²) >= 11 is 0. The van der Waals surface area contributed by atoms with Gasteiger partial charge in [-0.2, -0.15) is 0 Å². The molecule has 0 radical (unpaired) electrons. The van der Waals surface area contributed by atoms with Gasteiger partial charge in [0.2, 0.25) is 10.0 Å². The molecule has 0 amide bonds. The molecule has 0 fully saturated rings. The van der Waals surface area contributed by atoms with Crippen LogP contribution in [0.1, 0.15) is 44.2 Å². The van der Waals surface area contributed by atoms with Crippen LogP contribution < -0.4 is 15.4 Å². The highest BCUT2D eigenvalue weighted by Crippen LogP contribution is 2.15. The topological polar surface area (TPSA) is 109 Å². The number of rotatable bonds is 10. The molecule has 146 valence electrons. The number of hydrogen-bond donors (Lipinski definition) is 3. The van der Waals surface area contributed by atoms with E-state index >= 15 is 0 Å². The Morgan fingerprint density at radius 2 is 1.88 bits per heavy atom. The monoisotopic (exact) mass is 487 g/mol. The Labute approximate surface area is 167 Å². The van der Waals surface area contributed by atoms with Crippen LogP contribution in [0.3, 0.4) is 0 Å². The molecule has 3 N–H and O–H groups in total. The van der Waals surface area contributed by atoms with Crippen molar-refractivity contribution in [2.45, 2.75) is 46.6 Å². The summed E-state index contributed by atoms with van der Waals surface area (Å²) in [7, 11) is -1.42. The third-order valence-electron chi connectivity index (χ3n) is 3.61. The smallest absolute Gasteiger partial charge is 0.211 e. The molecule has 0 saturated heterocycles. The molecule has 10 heteroatoms. The van der Waals surface area contributed by atoms with Crippen molar-refractivity contribution in [1.82, 2.24) is 20.5 Å². The molecule has 0 unspecified atom stereocenters. The zero-order valence-electron chi connectivity index (χ0n) is 15.4. The Hall–Kier alpha value is -0.880. The summed E-state index contributed by atoms with van der Waals surface area (Å²) in [6.45, 7) is 7.33. The van der Waals surface area contributed by atoms with Gasteiger partial charge in [-0.15, -0.1) is 24.0 Å². The third kappa shape index (κ3) is 8.36. The van der Waals surface area contributed by atoms with E-state index in [1.165, 1.54) is 0 Å². The maximum absolute atomic E-state index is 11.3. The molecule has 0 aliphatic carbocycles. The molecular weight excluding hydrogens is 457 g/mol. The van der Waals surface area contributed by atoms with Crippen LogP contribution in [-0.2, 0) is 29.4 Å². The standard InChI is InChI=1S/C15H29N5O3S.HI/c1-5-13-12(14(6-2)23-20-13)11-18-15(16-4)17-9-8-10-19-24(21,22)7-3;/h19H,5-11H2,1-4H3,(H2,16,17,18);1H. The first-order chi connectivity index (χ1) is 11.5. The Morgan fingerprint density at radius 1 is 1.16 bits per heavy atom. The Balaban J connectivity index is 0.00000576. The van der Waals surface area contributed by atoms with Crippen LogP contribution in [0, 0.1) is 0 Å². The minimum absolute atomic E-state index is 0. The quantitative estimate of drug-likeness (QED) is 0.199. The number of aryl methyl sites for hydroxylation is 2. The summed E-state index contributed by atoms with van der Waals surface area (Å²) in [5.41, 5.74) is 2.04. The maximum Gasteiger partial charge on any atom is 0.211 e. The van der Waals surface area contributed by atoms with Crippen LogP contribution in [0.5, 0.6) is 0 Å². The molecule has 0 aromatic carbocycles. The van der Waals surface area contributed by atoms with Crippen LogP contribution in [0.15, 0.2) is 9.52 Å². The Kier molecular flexibility index (Phi) is 12.0. The lowest BCUT2D eigenvalue weighted by molar-refractivity contribution is 0.380. The zero-order valence-corrected chi connectivity index (χ0v) is 18.5. The van der Waals surface area contributed by atoms with Gasteiger partial charge in [-0.25, -0.2) is 13.1 Å². The summed E-state index contributed by atoms with van der Waals surface area (Å²) < 4.78 is 30.5. The molecular formula is C15H30IN5O3S. The summed E-state index contributed by atoms with van der Waals surface area (Å²) in [5.74, 6) is 1.66. The molecule has 1 aromatic rings. The molecule has 0 bridgehead atoms. The lowest BCUT2D eigenvalue weighted by Crippen LogP contribution is -2.38. The maximum atomic E-state index is 11.3. The first kappa shape index (κ1) is 24.1. The van der Waals surface area contributed by atoms with E-state index in [1.54, 1.807) is 14.0 Å². The molecule has 25 heavy (non-hydrogen) atoms. The number of nitrogens with zero attached hydrogens (tertiary/aromatic N) is 2. The number of hydrogen-bond acceptors (Lipinski definition) is 5. The van der Waals surface area contributed by atoms with E-state index in [-0.39, 0.29) is 29.7 Å². The van der Waals surface area contributed by atoms with Crippen molar-refractivity contribution in [3.05, 3.63) is 17.0 Å². The van der Waals surface area contributed by atoms with Crippen molar-refractivity contribution in [3.8, 4) is 0 Å². The highest BCUT2D eigenvalue weighted by Gasteiger charge is 2.13. The summed E-state index contributed by atoms with van der Waals surface area (Å²) in [6.07, 6.45) is 2.30. The predicted molar refractivity (Wildman–Crippen MR) is 111 cm³/mol. The first-order valence-corrected chi connectivity index (χ1v) is 10.0. The number of aromatic nitrogens is 1. The normalized spacial score (nSPS) is 11.9. The number of sulfonamides is 1. The van der Waals surface area contributed by atoms with Crippen LogP contribution in [0.4, 0.5) is 0 Å². The van der Waals surface area contributed by atoms with E-state index in [0.717, 1.165) is 29.9 Å². The summed E-state index contributed by atoms with van der Waals surface area (Å²) in [4.78, 5) is 4.17. The van der Waals surface area contributed by atoms with Crippen molar-refractivity contribution in [2.75, 3.05) is 25.9 Å². The van der Waals surface area contributed by atoms with Gasteiger partial charge in [0.15, 0.2) is 5.96 Å². The second-order valence-electron chi connectivity index (χ2n) is 5.24. The summed E-state index contributed by atoms with van der Waals surface area (Å²) in [5, 5.41) is 10.5. The van der Waals surface area contributed by atoms with Crippen molar-refractivity contribution in [3.63, 3.8) is 0 Å². The molecule has 0 atom stereocenters. The fourth-order valence-electron chi connectivity index (χ4n) is 2.16. The van der Waals surface area contributed by atoms with Gasteiger partial charge in [-0.05, 0) is 19.8 Å². The van der Waals surface area contributed by atoms with Gasteiger partial charge in [0.1, 0.15) is 5.76 Å². The van der Waals surface area contributed by atoms with Crippen LogP contribution in [0.2, 0.25) is 0 Å². The average Bonchev–Trinajstić information content (AvgIpc) is 2.99. The summed E-state index contributed by atoms with van der Waals surface area (Å²) in [6, 6.07) is 0. The van der Waals surface area contributed by atoms with Gasteiger partial charge in [-0.1, -0.05) is 19.0 Å². The van der Waals surface area contributed by atoms with E-state index in [9.17, 15) is 8.42 Å². The van der Waals surface area contributed by atoms with Gasteiger partial charge in [0, 0.05) is 38.7 Å². The number of halogens is 1.